The molecule has 0 fully saturated rings. The summed E-state index contributed by atoms with van der Waals surface area (Å²) in [4.78, 5) is 27.1. The summed E-state index contributed by atoms with van der Waals surface area (Å²) < 4.78 is 1.27. The topological polar surface area (TPSA) is 96.0 Å². The molecule has 0 aliphatic carbocycles. The van der Waals surface area contributed by atoms with Crippen molar-refractivity contribution in [3.63, 3.8) is 0 Å². The van der Waals surface area contributed by atoms with Crippen LogP contribution in [0.2, 0.25) is 0 Å². The Bertz CT molecular complexity index is 749. The van der Waals surface area contributed by atoms with Crippen molar-refractivity contribution in [2.45, 2.75) is 18.1 Å². The second-order valence-corrected chi connectivity index (χ2v) is 5.02. The van der Waals surface area contributed by atoms with Gasteiger partial charge in [-0.15, -0.1) is 0 Å². The predicted octanol–water partition coefficient (Wildman–Crippen LogP) is 1.49. The Labute approximate surface area is 118 Å². The summed E-state index contributed by atoms with van der Waals surface area (Å²) in [5.41, 5.74) is 0.263. The van der Waals surface area contributed by atoms with Crippen molar-refractivity contribution in [3.05, 3.63) is 34.6 Å². The summed E-state index contributed by atoms with van der Waals surface area (Å²) >= 11 is 1.16. The fourth-order valence-corrected chi connectivity index (χ4v) is 2.62. The number of hydrogen-bond acceptors (Lipinski definition) is 5. The van der Waals surface area contributed by atoms with E-state index in [0.717, 1.165) is 11.8 Å². The third-order valence-corrected chi connectivity index (χ3v) is 3.58. The Kier molecular flexibility index (Phi) is 4.38. The Morgan fingerprint density at radius 2 is 2.20 bits per heavy atom. The van der Waals surface area contributed by atoms with Crippen LogP contribution < -0.4 is 5.56 Å². The minimum atomic E-state index is -0.910. The van der Waals surface area contributed by atoms with Gasteiger partial charge in [0.25, 0.3) is 5.56 Å². The van der Waals surface area contributed by atoms with Crippen molar-refractivity contribution >= 4 is 28.6 Å². The van der Waals surface area contributed by atoms with Gasteiger partial charge in [0.1, 0.15) is 6.54 Å². The third kappa shape index (κ3) is 2.97. The molecule has 6 nitrogen and oxygen atoms in total. The number of carboxylic acids is 1. The van der Waals surface area contributed by atoms with Gasteiger partial charge < -0.3 is 5.11 Å². The average Bonchev–Trinajstić information content (AvgIpc) is 2.42. The molecule has 0 saturated heterocycles. The molecule has 102 valence electrons. The highest BCUT2D eigenvalue weighted by molar-refractivity contribution is 7.99. The zero-order valence-corrected chi connectivity index (χ0v) is 11.3. The van der Waals surface area contributed by atoms with Crippen molar-refractivity contribution in [3.8, 4) is 6.07 Å². The van der Waals surface area contributed by atoms with Gasteiger partial charge in [0.05, 0.1) is 23.4 Å². The summed E-state index contributed by atoms with van der Waals surface area (Å²) in [5.74, 6) is -0.613. The van der Waals surface area contributed by atoms with E-state index in [1.165, 1.54) is 4.57 Å². The van der Waals surface area contributed by atoms with E-state index in [9.17, 15) is 9.59 Å². The second-order valence-electron chi connectivity index (χ2n) is 3.95. The summed E-state index contributed by atoms with van der Waals surface area (Å²) in [6.07, 6.45) is -0.0279. The maximum Gasteiger partial charge on any atom is 0.304 e. The molecular formula is C13H11N3O3S. The van der Waals surface area contributed by atoms with E-state index in [1.807, 2.05) is 6.07 Å². The van der Waals surface area contributed by atoms with E-state index in [2.05, 4.69) is 4.98 Å². The van der Waals surface area contributed by atoms with Crippen LogP contribution in [0.25, 0.3) is 10.9 Å². The van der Waals surface area contributed by atoms with Crippen molar-refractivity contribution in [1.82, 2.24) is 9.55 Å². The molecule has 0 saturated carbocycles. The molecule has 0 radical (unpaired) electrons. The normalized spacial score (nSPS) is 10.3. The smallest absolute Gasteiger partial charge is 0.304 e. The Morgan fingerprint density at radius 1 is 1.45 bits per heavy atom. The highest BCUT2D eigenvalue weighted by Gasteiger charge is 2.11. The Balaban J connectivity index is 2.46. The number of hydrogen-bond donors (Lipinski definition) is 1. The van der Waals surface area contributed by atoms with Gasteiger partial charge >= 0.3 is 5.97 Å². The van der Waals surface area contributed by atoms with Crippen molar-refractivity contribution < 1.29 is 9.90 Å². The lowest BCUT2D eigenvalue weighted by Crippen LogP contribution is -2.23. The van der Waals surface area contributed by atoms with E-state index >= 15 is 0 Å². The highest BCUT2D eigenvalue weighted by Crippen LogP contribution is 2.18. The maximum atomic E-state index is 12.3. The zero-order chi connectivity index (χ0) is 14.5. The SMILES string of the molecule is N#CCn1c(SCCC(=O)O)nc2ccccc2c1=O. The van der Waals surface area contributed by atoms with Gasteiger partial charge in [0.15, 0.2) is 5.16 Å². The number of carboxylic acid groups (broad SMARTS) is 1. The number of para-hydroxylation sites is 1. The quantitative estimate of drug-likeness (QED) is 0.661. The lowest BCUT2D eigenvalue weighted by atomic mass is 10.2. The molecule has 0 spiro atoms. The number of carbonyl (C=O) groups is 1. The maximum absolute atomic E-state index is 12.3. The van der Waals surface area contributed by atoms with E-state index in [4.69, 9.17) is 10.4 Å². The third-order valence-electron chi connectivity index (χ3n) is 2.60. The van der Waals surface area contributed by atoms with E-state index in [1.54, 1.807) is 24.3 Å². The fourth-order valence-electron chi connectivity index (χ4n) is 1.70. The van der Waals surface area contributed by atoms with Crippen LogP contribution in [0.4, 0.5) is 0 Å². The first-order valence-electron chi connectivity index (χ1n) is 5.84. The van der Waals surface area contributed by atoms with Crippen molar-refractivity contribution in [2.24, 2.45) is 0 Å². The molecule has 0 unspecified atom stereocenters. The monoisotopic (exact) mass is 289 g/mol. The molecule has 0 atom stereocenters. The van der Waals surface area contributed by atoms with Crippen LogP contribution in [0.5, 0.6) is 0 Å². The lowest BCUT2D eigenvalue weighted by molar-refractivity contribution is -0.136. The first kappa shape index (κ1) is 14.1. The zero-order valence-electron chi connectivity index (χ0n) is 10.4. The fraction of sp³-hybridized carbons (Fsp3) is 0.231. The van der Waals surface area contributed by atoms with Gasteiger partial charge in [-0.1, -0.05) is 23.9 Å². The molecule has 1 aromatic carbocycles. The molecule has 7 heteroatoms. The average molecular weight is 289 g/mol. The van der Waals surface area contributed by atoms with Gasteiger partial charge in [-0.25, -0.2) is 4.98 Å². The van der Waals surface area contributed by atoms with Crippen LogP contribution in [-0.4, -0.2) is 26.4 Å². The second kappa shape index (κ2) is 6.21. The molecule has 1 aromatic heterocycles. The van der Waals surface area contributed by atoms with Crippen LogP contribution in [0.15, 0.2) is 34.2 Å². The number of aliphatic carboxylic acids is 1. The minimum absolute atomic E-state index is 0.0279. The first-order chi connectivity index (χ1) is 9.63. The van der Waals surface area contributed by atoms with Crippen LogP contribution in [0.3, 0.4) is 0 Å². The van der Waals surface area contributed by atoms with E-state index in [0.29, 0.717) is 21.8 Å². The lowest BCUT2D eigenvalue weighted by Gasteiger charge is -2.09. The molecule has 0 bridgehead atoms. The highest BCUT2D eigenvalue weighted by atomic mass is 32.2. The number of nitrogens with zero attached hydrogens (tertiary/aromatic N) is 3. The molecule has 0 aliphatic rings. The van der Waals surface area contributed by atoms with Gasteiger partial charge in [0, 0.05) is 5.75 Å². The number of benzene rings is 1. The summed E-state index contributed by atoms with van der Waals surface area (Å²) in [7, 11) is 0. The molecule has 2 aromatic rings. The van der Waals surface area contributed by atoms with Crippen LogP contribution >= 0.6 is 11.8 Å². The number of fused-ring (bicyclic) bond motifs is 1. The Morgan fingerprint density at radius 3 is 2.90 bits per heavy atom. The summed E-state index contributed by atoms with van der Waals surface area (Å²) in [6, 6.07) is 8.80. The van der Waals surface area contributed by atoms with Crippen LogP contribution in [0.1, 0.15) is 6.42 Å². The van der Waals surface area contributed by atoms with Crippen LogP contribution in [0, 0.1) is 11.3 Å². The van der Waals surface area contributed by atoms with Gasteiger partial charge in [-0.2, -0.15) is 5.26 Å². The number of aromatic nitrogens is 2. The molecule has 1 N–H and O–H groups in total. The Hall–Kier alpha value is -2.33. The number of thioether (sulfide) groups is 1. The first-order valence-corrected chi connectivity index (χ1v) is 6.83. The molecule has 20 heavy (non-hydrogen) atoms. The molecule has 0 aliphatic heterocycles. The molecule has 2 rings (SSSR count). The van der Waals surface area contributed by atoms with Crippen LogP contribution in [-0.2, 0) is 11.3 Å². The molecule has 0 amide bonds. The summed E-state index contributed by atoms with van der Waals surface area (Å²) in [6.45, 7) is -0.105. The van der Waals surface area contributed by atoms with E-state index < -0.39 is 5.97 Å². The summed E-state index contributed by atoms with van der Waals surface area (Å²) in [5, 5.41) is 18.3. The van der Waals surface area contributed by atoms with Gasteiger partial charge in [0.2, 0.25) is 0 Å². The number of nitriles is 1. The van der Waals surface area contributed by atoms with Gasteiger partial charge in [-0.05, 0) is 12.1 Å². The molecular weight excluding hydrogens is 278 g/mol. The minimum Gasteiger partial charge on any atom is -0.481 e. The largest absolute Gasteiger partial charge is 0.481 e. The number of rotatable bonds is 5. The predicted molar refractivity (Wildman–Crippen MR) is 74.6 cm³/mol. The van der Waals surface area contributed by atoms with Crippen molar-refractivity contribution in [2.75, 3.05) is 5.75 Å². The van der Waals surface area contributed by atoms with Crippen molar-refractivity contribution in [1.29, 1.82) is 5.26 Å². The molecule has 1 heterocycles. The van der Waals surface area contributed by atoms with E-state index in [-0.39, 0.29) is 18.5 Å². The van der Waals surface area contributed by atoms with Gasteiger partial charge in [-0.3, -0.25) is 14.2 Å². The standard InChI is InChI=1S/C13H11N3O3S/c14-6-7-16-12(19)9-3-1-2-4-10(9)15-13(16)20-8-5-11(17)18/h1-4H,5,7-8H2,(H,17,18).